The van der Waals surface area contributed by atoms with Crippen LogP contribution in [0.15, 0.2) is 96.1 Å². The molecule has 0 radical (unpaired) electrons. The molecule has 3 fully saturated rings. The largest absolute Gasteiger partial charge is 0.456 e. The first-order valence-corrected chi connectivity index (χ1v) is 20.9. The summed E-state index contributed by atoms with van der Waals surface area (Å²) in [5.74, 6) is -6.83. The number of ketones is 1. The Morgan fingerprint density at radius 1 is 0.841 bits per heavy atom. The molecule has 63 heavy (non-hydrogen) atoms. The molecule has 3 aromatic rings. The maximum absolute atomic E-state index is 15.5. The predicted octanol–water partition coefficient (Wildman–Crippen LogP) is 4.04. The summed E-state index contributed by atoms with van der Waals surface area (Å²) in [6.45, 7) is 9.68. The van der Waals surface area contributed by atoms with E-state index in [1.54, 1.807) is 99.6 Å². The molecule has 11 atom stereocenters. The third kappa shape index (κ3) is 7.54. The first-order valence-electron chi connectivity index (χ1n) is 20.9. The maximum Gasteiger partial charge on any atom is 0.338 e. The van der Waals surface area contributed by atoms with Crippen molar-refractivity contribution in [3.63, 3.8) is 0 Å². The Morgan fingerprint density at radius 3 is 2.05 bits per heavy atom. The van der Waals surface area contributed by atoms with Gasteiger partial charge in [-0.3, -0.25) is 19.2 Å². The van der Waals surface area contributed by atoms with E-state index in [0.29, 0.717) is 11.1 Å². The summed E-state index contributed by atoms with van der Waals surface area (Å²) >= 11 is 0. The van der Waals surface area contributed by atoms with E-state index in [1.807, 2.05) is 0 Å². The van der Waals surface area contributed by atoms with Crippen LogP contribution in [0.5, 0.6) is 0 Å². The number of amides is 1. The zero-order valence-electron chi connectivity index (χ0n) is 36.2. The monoisotopic (exact) mass is 867 g/mol. The molecular formula is C48H53NO14. The van der Waals surface area contributed by atoms with Crippen molar-refractivity contribution in [2.75, 3.05) is 6.61 Å². The SMILES string of the molecule is CC(=O)O[C@H]1C(=O)[C@@]2(C)[C@H]([C@H](OC(=O)c3ccccc3C)[C@]3(O)C[C@H](OC(=O)[C@H](O)[C@@H](NC(=O)c4ccccc4)c4ccccc4)C(C)=C1C3(C)C)[C@]1(OC(C)=O)CO[C@@H]1C[C@@H]2O. The number of aryl methyl sites for hydroxylation is 1. The zero-order valence-corrected chi connectivity index (χ0v) is 36.2. The van der Waals surface area contributed by atoms with Crippen LogP contribution in [0.25, 0.3) is 0 Å². The number of aliphatic hydroxyl groups is 3. The average molecular weight is 868 g/mol. The van der Waals surface area contributed by atoms with Gasteiger partial charge >= 0.3 is 23.9 Å². The van der Waals surface area contributed by atoms with E-state index in [2.05, 4.69) is 5.32 Å². The number of hydrogen-bond acceptors (Lipinski definition) is 14. The third-order valence-corrected chi connectivity index (χ3v) is 13.8. The van der Waals surface area contributed by atoms with Crippen molar-refractivity contribution in [1.82, 2.24) is 5.32 Å². The second-order valence-corrected chi connectivity index (χ2v) is 17.8. The van der Waals surface area contributed by atoms with Crippen molar-refractivity contribution in [2.24, 2.45) is 16.7 Å². The normalized spacial score (nSPS) is 31.6. The van der Waals surface area contributed by atoms with Gasteiger partial charge in [0.15, 0.2) is 23.6 Å². The highest BCUT2D eigenvalue weighted by Gasteiger charge is 2.78. The number of hydrogen-bond donors (Lipinski definition) is 4. The third-order valence-electron chi connectivity index (χ3n) is 13.8. The van der Waals surface area contributed by atoms with Gasteiger partial charge in [0.1, 0.15) is 23.9 Å². The van der Waals surface area contributed by atoms with E-state index in [1.165, 1.54) is 19.9 Å². The van der Waals surface area contributed by atoms with Gasteiger partial charge in [0.2, 0.25) is 0 Å². The lowest BCUT2D eigenvalue weighted by Crippen LogP contribution is -2.82. The molecule has 15 nitrogen and oxygen atoms in total. The van der Waals surface area contributed by atoms with Crippen LogP contribution in [0.2, 0.25) is 0 Å². The van der Waals surface area contributed by atoms with Crippen LogP contribution in [0.3, 0.4) is 0 Å². The Bertz CT molecular complexity index is 2350. The summed E-state index contributed by atoms with van der Waals surface area (Å²) in [7, 11) is 0. The van der Waals surface area contributed by atoms with E-state index in [0.717, 1.165) is 13.8 Å². The lowest BCUT2D eigenvalue weighted by molar-refractivity contribution is -0.346. The number of ether oxygens (including phenoxy) is 5. The number of aliphatic hydroxyl groups excluding tert-OH is 2. The standard InChI is InChI=1S/C48H53NO14/c1-25-16-14-15-21-31(25)43(56)62-41-39-46(7,33(52)22-34-47(39,24-59-34)63-28(4)51)40(54)38(60-27(3)50)35-26(2)32(23-48(41,58)45(35,5)6)61-44(57)37(53)36(29-17-10-8-11-18-29)49-42(55)30-19-12-9-13-20-30/h8-21,32-34,36-39,41,52-53,58H,22-24H2,1-7H3,(H,49,55)/t32-,33-,34+,36-,37+,38+,39-,41-,46+,47-,48+/m0/s1. The molecule has 2 bridgehead atoms. The fourth-order valence-electron chi connectivity index (χ4n) is 10.4. The fraction of sp³-hybridized carbons (Fsp3) is 0.458. The van der Waals surface area contributed by atoms with Gasteiger partial charge in [-0.2, -0.15) is 0 Å². The Morgan fingerprint density at radius 2 is 1.46 bits per heavy atom. The molecule has 4 N–H and O–H groups in total. The van der Waals surface area contributed by atoms with Crippen molar-refractivity contribution >= 4 is 35.6 Å². The topological polar surface area (TPSA) is 221 Å². The van der Waals surface area contributed by atoms with E-state index in [9.17, 15) is 39.3 Å². The van der Waals surface area contributed by atoms with Gasteiger partial charge in [-0.25, -0.2) is 9.59 Å². The highest BCUT2D eigenvalue weighted by Crippen LogP contribution is 2.64. The minimum Gasteiger partial charge on any atom is -0.456 e. The van der Waals surface area contributed by atoms with Crippen molar-refractivity contribution in [1.29, 1.82) is 0 Å². The number of Topliss-reactive ketones (excluding diaryl/α,β-unsaturated/α-hetero) is 1. The molecule has 0 unspecified atom stereocenters. The van der Waals surface area contributed by atoms with E-state index in [4.69, 9.17) is 23.7 Å². The quantitative estimate of drug-likeness (QED) is 0.128. The highest BCUT2D eigenvalue weighted by atomic mass is 16.6. The predicted molar refractivity (Wildman–Crippen MR) is 222 cm³/mol. The van der Waals surface area contributed by atoms with Crippen LogP contribution in [0.4, 0.5) is 0 Å². The number of benzene rings is 3. The Balaban J connectivity index is 1.40. The van der Waals surface area contributed by atoms with Crippen molar-refractivity contribution < 1.29 is 67.8 Å². The van der Waals surface area contributed by atoms with Gasteiger partial charge in [-0.15, -0.1) is 0 Å². The number of fused-ring (bicyclic) bond motifs is 5. The summed E-state index contributed by atoms with van der Waals surface area (Å²) in [6.07, 6.45) is -10.5. The van der Waals surface area contributed by atoms with Crippen LogP contribution in [0.1, 0.15) is 92.3 Å². The van der Waals surface area contributed by atoms with Crippen LogP contribution in [-0.2, 0) is 42.9 Å². The summed E-state index contributed by atoms with van der Waals surface area (Å²) in [5, 5.41) is 40.4. The Labute approximate surface area is 364 Å². The van der Waals surface area contributed by atoms with Gasteiger partial charge in [-0.05, 0) is 61.2 Å². The molecule has 0 spiro atoms. The summed E-state index contributed by atoms with van der Waals surface area (Å²) in [4.78, 5) is 83.9. The van der Waals surface area contributed by atoms with Crippen LogP contribution in [0, 0.1) is 23.7 Å². The van der Waals surface area contributed by atoms with Crippen molar-refractivity contribution in [3.8, 4) is 0 Å². The molecule has 1 saturated heterocycles. The second-order valence-electron chi connectivity index (χ2n) is 17.8. The number of rotatable bonds is 10. The Hall–Kier alpha value is -5.74. The maximum atomic E-state index is 15.5. The van der Waals surface area contributed by atoms with E-state index >= 15 is 4.79 Å². The molecule has 1 aliphatic heterocycles. The molecule has 2 saturated carbocycles. The number of carbonyl (C=O) groups is 6. The lowest BCUT2D eigenvalue weighted by atomic mass is 9.44. The molecule has 1 amide bonds. The number of carbonyl (C=O) groups excluding carboxylic acids is 6. The van der Waals surface area contributed by atoms with Gasteiger partial charge in [0, 0.05) is 37.7 Å². The molecule has 7 rings (SSSR count). The first-order chi connectivity index (χ1) is 29.7. The molecule has 334 valence electrons. The average Bonchev–Trinajstić information content (AvgIpc) is 3.24. The summed E-state index contributed by atoms with van der Waals surface area (Å²) in [5.41, 5.74) is -6.47. The summed E-state index contributed by atoms with van der Waals surface area (Å²) < 4.78 is 30.4. The molecular weight excluding hydrogens is 815 g/mol. The molecule has 0 aromatic heterocycles. The second kappa shape index (κ2) is 16.8. The van der Waals surface area contributed by atoms with Gasteiger partial charge in [-0.1, -0.05) is 80.6 Å². The number of esters is 4. The van der Waals surface area contributed by atoms with E-state index < -0.39 is 113 Å². The molecule has 4 aliphatic rings. The van der Waals surface area contributed by atoms with E-state index in [-0.39, 0.29) is 35.3 Å². The van der Waals surface area contributed by atoms with Gasteiger partial charge in [0.05, 0.1) is 35.6 Å². The van der Waals surface area contributed by atoms with Crippen molar-refractivity contribution in [3.05, 3.63) is 118 Å². The van der Waals surface area contributed by atoms with Crippen LogP contribution in [-0.4, -0.2) is 105 Å². The highest BCUT2D eigenvalue weighted by molar-refractivity contribution is 5.96. The van der Waals surface area contributed by atoms with Gasteiger partial charge < -0.3 is 44.3 Å². The molecule has 15 heteroatoms. The molecule has 3 aliphatic carbocycles. The van der Waals surface area contributed by atoms with Crippen molar-refractivity contribution in [2.45, 2.75) is 115 Å². The Kier molecular flexibility index (Phi) is 12.0. The first kappa shape index (κ1) is 45.3. The molecule has 1 heterocycles. The van der Waals surface area contributed by atoms with Crippen LogP contribution >= 0.6 is 0 Å². The minimum atomic E-state index is -2.40. The number of nitrogens with one attached hydrogen (secondary N) is 1. The zero-order chi connectivity index (χ0) is 45.8. The fourth-order valence-corrected chi connectivity index (χ4v) is 10.4. The lowest BCUT2D eigenvalue weighted by Gasteiger charge is -2.67. The smallest absolute Gasteiger partial charge is 0.338 e. The van der Waals surface area contributed by atoms with Crippen LogP contribution < -0.4 is 5.32 Å². The molecule has 3 aromatic carbocycles. The minimum absolute atomic E-state index is 0.00179. The summed E-state index contributed by atoms with van der Waals surface area (Å²) in [6, 6.07) is 21.6. The van der Waals surface area contributed by atoms with Gasteiger partial charge in [0.25, 0.3) is 5.91 Å².